The minimum absolute atomic E-state index is 0.00555. The zero-order valence-electron chi connectivity index (χ0n) is 41.0. The van der Waals surface area contributed by atoms with Gasteiger partial charge in [0, 0.05) is 44.7 Å². The third kappa shape index (κ3) is 37.2. The number of carbonyl (C=O) groups is 3. The van der Waals surface area contributed by atoms with Crippen molar-refractivity contribution >= 4 is 17.9 Å². The first kappa shape index (κ1) is 58.2. The van der Waals surface area contributed by atoms with Crippen molar-refractivity contribution in [1.82, 2.24) is 10.2 Å². The lowest BCUT2D eigenvalue weighted by Gasteiger charge is -2.34. The maximum absolute atomic E-state index is 13.0. The third-order valence-electron chi connectivity index (χ3n) is 11.3. The number of unbranched alkanes of at least 4 members (excludes halogenated alkanes) is 12. The lowest BCUT2D eigenvalue weighted by atomic mass is 10.0. The second-order valence-corrected chi connectivity index (χ2v) is 17.5. The lowest BCUT2D eigenvalue weighted by Crippen LogP contribution is -2.45. The molecule has 1 rings (SSSR count). The van der Waals surface area contributed by atoms with E-state index in [9.17, 15) is 14.4 Å². The predicted molar refractivity (Wildman–Crippen MR) is 260 cm³/mol. The number of hydrogen-bond acceptors (Lipinski definition) is 10. The van der Waals surface area contributed by atoms with Crippen molar-refractivity contribution in [3.05, 3.63) is 48.6 Å². The van der Waals surface area contributed by atoms with Crippen LogP contribution in [0.2, 0.25) is 0 Å². The van der Waals surface area contributed by atoms with Crippen LogP contribution in [0.4, 0.5) is 0 Å². The number of rotatable bonds is 42. The maximum Gasteiger partial charge on any atom is 0.307 e. The Hall–Kier alpha value is -2.79. The first-order valence-electron chi connectivity index (χ1n) is 25.6. The first-order chi connectivity index (χ1) is 30.8. The van der Waals surface area contributed by atoms with E-state index in [0.717, 1.165) is 122 Å². The van der Waals surface area contributed by atoms with Gasteiger partial charge >= 0.3 is 17.9 Å². The van der Waals surface area contributed by atoms with Gasteiger partial charge in [-0.05, 0) is 130 Å². The summed E-state index contributed by atoms with van der Waals surface area (Å²) in [5.41, 5.74) is 0. The van der Waals surface area contributed by atoms with Crippen LogP contribution in [0.25, 0.3) is 0 Å². The van der Waals surface area contributed by atoms with Crippen molar-refractivity contribution < 1.29 is 38.1 Å². The molecule has 1 N–H and O–H groups in total. The number of esters is 3. The van der Waals surface area contributed by atoms with E-state index >= 15 is 0 Å². The fourth-order valence-electron chi connectivity index (χ4n) is 7.25. The molecule has 1 unspecified atom stereocenters. The smallest absolute Gasteiger partial charge is 0.307 e. The maximum atomic E-state index is 13.0. The van der Waals surface area contributed by atoms with Gasteiger partial charge in [0.2, 0.25) is 0 Å². The lowest BCUT2D eigenvalue weighted by molar-refractivity contribution is -0.162. The zero-order valence-corrected chi connectivity index (χ0v) is 41.0. The summed E-state index contributed by atoms with van der Waals surface area (Å²) < 4.78 is 29.1. The van der Waals surface area contributed by atoms with Gasteiger partial charge in [-0.15, -0.1) is 0 Å². The minimum atomic E-state index is -0.488. The molecule has 10 heteroatoms. The van der Waals surface area contributed by atoms with Crippen LogP contribution in [-0.2, 0) is 38.1 Å². The van der Waals surface area contributed by atoms with Gasteiger partial charge in [0.25, 0.3) is 0 Å². The van der Waals surface area contributed by atoms with Gasteiger partial charge in [0.1, 0.15) is 19.8 Å². The van der Waals surface area contributed by atoms with Crippen LogP contribution < -0.4 is 5.32 Å². The van der Waals surface area contributed by atoms with E-state index in [0.29, 0.717) is 44.7 Å². The molecule has 1 heterocycles. The number of nitrogens with zero attached hydrogens (tertiary/aromatic N) is 1. The number of carbonyl (C=O) groups excluding carboxylic acids is 3. The molecule has 364 valence electrons. The average Bonchev–Trinajstić information content (AvgIpc) is 3.28. The number of nitrogens with one attached hydrogen (secondary N) is 1. The molecule has 0 saturated carbocycles. The summed E-state index contributed by atoms with van der Waals surface area (Å²) in [6, 6.07) is 0.948. The van der Waals surface area contributed by atoms with Crippen molar-refractivity contribution in [2.75, 3.05) is 52.7 Å². The van der Waals surface area contributed by atoms with E-state index in [1.807, 2.05) is 0 Å². The predicted octanol–water partition coefficient (Wildman–Crippen LogP) is 12.3. The molecule has 0 aliphatic carbocycles. The van der Waals surface area contributed by atoms with Gasteiger partial charge in [-0.25, -0.2) is 0 Å². The molecule has 0 radical (unpaired) electrons. The fourth-order valence-corrected chi connectivity index (χ4v) is 7.25. The Morgan fingerprint density at radius 3 is 1.59 bits per heavy atom. The molecule has 0 aromatic heterocycles. The number of hydrogen-bond donors (Lipinski definition) is 1. The molecule has 0 aromatic carbocycles. The van der Waals surface area contributed by atoms with Crippen molar-refractivity contribution in [1.29, 1.82) is 0 Å². The quantitative estimate of drug-likeness (QED) is 0.0209. The van der Waals surface area contributed by atoms with Crippen molar-refractivity contribution in [2.45, 2.75) is 214 Å². The topological polar surface area (TPSA) is 113 Å². The standard InChI is InChI=1S/C53H94N2O8/c1-6-9-12-15-18-19-20-21-22-23-24-25-26-27-30-33-50(56)61-44-48(46-63-52(58)36-39-54-49-37-40-55(41-38-49)47(4)5)45-62-51(57)34-35-53(59-42-31-28-16-13-10-7-2)60-43-32-29-17-14-11-8-3/h10-11,13-14,18-19,21-22,47-49,53-54H,6-9,12,15-17,20,23-46H2,1-5H3/b13-10-,14-11-,19-18-,22-21-. The van der Waals surface area contributed by atoms with E-state index in [1.54, 1.807) is 0 Å². The Kier molecular flexibility index (Phi) is 39.9. The molecule has 0 spiro atoms. The molecule has 63 heavy (non-hydrogen) atoms. The Balaban J connectivity index is 2.57. The summed E-state index contributed by atoms with van der Waals surface area (Å²) in [5, 5.41) is 3.51. The molecule has 1 aliphatic rings. The normalized spacial score (nSPS) is 14.7. The van der Waals surface area contributed by atoms with Gasteiger partial charge < -0.3 is 33.9 Å². The van der Waals surface area contributed by atoms with Crippen molar-refractivity contribution in [3.63, 3.8) is 0 Å². The highest BCUT2D eigenvalue weighted by molar-refractivity contribution is 5.70. The average molecular weight is 887 g/mol. The summed E-state index contributed by atoms with van der Waals surface area (Å²) in [6.45, 7) is 14.8. The number of allylic oxidation sites excluding steroid dienone is 8. The Morgan fingerprint density at radius 2 is 1.05 bits per heavy atom. The highest BCUT2D eigenvalue weighted by Crippen LogP contribution is 2.15. The molecular weight excluding hydrogens is 793 g/mol. The molecule has 1 aliphatic heterocycles. The van der Waals surface area contributed by atoms with Gasteiger partial charge in [-0.1, -0.05) is 101 Å². The van der Waals surface area contributed by atoms with Crippen LogP contribution >= 0.6 is 0 Å². The highest BCUT2D eigenvalue weighted by Gasteiger charge is 2.22. The summed E-state index contributed by atoms with van der Waals surface area (Å²) in [7, 11) is 0. The molecule has 10 nitrogen and oxygen atoms in total. The largest absolute Gasteiger partial charge is 0.465 e. The number of ether oxygens (including phenoxy) is 5. The first-order valence-corrected chi connectivity index (χ1v) is 25.6. The summed E-state index contributed by atoms with van der Waals surface area (Å²) in [5.74, 6) is -1.46. The Morgan fingerprint density at radius 1 is 0.571 bits per heavy atom. The third-order valence-corrected chi connectivity index (χ3v) is 11.3. The van der Waals surface area contributed by atoms with E-state index < -0.39 is 12.2 Å². The van der Waals surface area contributed by atoms with Crippen molar-refractivity contribution in [2.24, 2.45) is 5.92 Å². The zero-order chi connectivity index (χ0) is 45.9. The molecule has 0 amide bonds. The van der Waals surface area contributed by atoms with Crippen LogP contribution in [0, 0.1) is 5.92 Å². The highest BCUT2D eigenvalue weighted by atomic mass is 16.7. The van der Waals surface area contributed by atoms with Crippen LogP contribution in [0.15, 0.2) is 48.6 Å². The summed E-state index contributed by atoms with van der Waals surface area (Å²) >= 11 is 0. The Labute approximate surface area is 385 Å². The molecule has 0 aromatic rings. The van der Waals surface area contributed by atoms with E-state index in [-0.39, 0.29) is 50.6 Å². The SMILES string of the molecule is CC/C=C\CCCCOC(CCC(=O)OCC(COC(=O)CCCCCCC/C=C\C/C=C\CCCCC)COC(=O)CCNC1CCN(C(C)C)CC1)OCCCC/C=C\CC. The van der Waals surface area contributed by atoms with Crippen LogP contribution in [-0.4, -0.2) is 93.9 Å². The van der Waals surface area contributed by atoms with Gasteiger partial charge in [-0.3, -0.25) is 14.4 Å². The molecule has 1 atom stereocenters. The number of likely N-dealkylation sites (tertiary alicyclic amines) is 1. The van der Waals surface area contributed by atoms with E-state index in [2.05, 4.69) is 93.4 Å². The Bertz CT molecular complexity index is 1190. The van der Waals surface area contributed by atoms with Crippen LogP contribution in [0.3, 0.4) is 0 Å². The van der Waals surface area contributed by atoms with Crippen LogP contribution in [0.5, 0.6) is 0 Å². The molecule has 1 fully saturated rings. The fraction of sp³-hybridized carbons (Fsp3) is 0.792. The van der Waals surface area contributed by atoms with E-state index in [4.69, 9.17) is 23.7 Å². The summed E-state index contributed by atoms with van der Waals surface area (Å²) in [4.78, 5) is 41.0. The molecular formula is C53H94N2O8. The second kappa shape index (κ2) is 43.1. The second-order valence-electron chi connectivity index (χ2n) is 17.5. The van der Waals surface area contributed by atoms with Crippen LogP contribution in [0.1, 0.15) is 195 Å². The van der Waals surface area contributed by atoms with Gasteiger partial charge in [-0.2, -0.15) is 0 Å². The number of piperidine rings is 1. The minimum Gasteiger partial charge on any atom is -0.465 e. The van der Waals surface area contributed by atoms with E-state index in [1.165, 1.54) is 25.7 Å². The summed E-state index contributed by atoms with van der Waals surface area (Å²) in [6.07, 6.45) is 40.9. The van der Waals surface area contributed by atoms with Gasteiger partial charge in [0.05, 0.1) is 18.8 Å². The monoisotopic (exact) mass is 887 g/mol. The van der Waals surface area contributed by atoms with Gasteiger partial charge in [0.15, 0.2) is 6.29 Å². The molecule has 1 saturated heterocycles. The molecule has 0 bridgehead atoms. The van der Waals surface area contributed by atoms with Crippen molar-refractivity contribution in [3.8, 4) is 0 Å².